The Kier molecular flexibility index (Phi) is 6.26. The number of nitrogens with one attached hydrogen (secondary N) is 1. The van der Waals surface area contributed by atoms with E-state index in [1.54, 1.807) is 19.5 Å². The highest BCUT2D eigenvalue weighted by Gasteiger charge is 2.46. The molecule has 0 radical (unpaired) electrons. The molecule has 3 heterocycles. The van der Waals surface area contributed by atoms with Gasteiger partial charge in [0, 0.05) is 38.4 Å². The van der Waals surface area contributed by atoms with E-state index in [4.69, 9.17) is 14.2 Å². The van der Waals surface area contributed by atoms with Crippen LogP contribution >= 0.6 is 0 Å². The second-order valence-corrected chi connectivity index (χ2v) is 7.99. The first-order chi connectivity index (χ1) is 14.5. The topological polar surface area (TPSA) is 85.8 Å². The Morgan fingerprint density at radius 1 is 1.30 bits per heavy atom. The molecule has 1 spiro atoms. The number of amides is 1. The summed E-state index contributed by atoms with van der Waals surface area (Å²) in [5.74, 6) is 1.29. The average Bonchev–Trinajstić information content (AvgIpc) is 3.17. The SMILES string of the molecule is COc1ccc(CN2CCOC3(COC(C(=O)NCc4ncc(C)cn4)C3)C2)cc1. The van der Waals surface area contributed by atoms with Crippen molar-refractivity contribution in [2.75, 3.05) is 33.4 Å². The normalized spacial score (nSPS) is 24.1. The highest BCUT2D eigenvalue weighted by atomic mass is 16.6. The van der Waals surface area contributed by atoms with E-state index in [0.717, 1.165) is 30.9 Å². The molecule has 2 saturated heterocycles. The van der Waals surface area contributed by atoms with Crippen molar-refractivity contribution in [1.29, 1.82) is 0 Å². The van der Waals surface area contributed by atoms with E-state index in [1.165, 1.54) is 5.56 Å². The van der Waals surface area contributed by atoms with Crippen molar-refractivity contribution < 1.29 is 19.0 Å². The van der Waals surface area contributed by atoms with Crippen molar-refractivity contribution in [2.24, 2.45) is 0 Å². The van der Waals surface area contributed by atoms with Gasteiger partial charge in [-0.05, 0) is 30.2 Å². The van der Waals surface area contributed by atoms with E-state index < -0.39 is 11.7 Å². The van der Waals surface area contributed by atoms with Gasteiger partial charge >= 0.3 is 0 Å². The second-order valence-electron chi connectivity index (χ2n) is 7.99. The fraction of sp³-hybridized carbons (Fsp3) is 0.500. The molecule has 2 fully saturated rings. The third-order valence-electron chi connectivity index (χ3n) is 5.55. The van der Waals surface area contributed by atoms with Gasteiger partial charge in [-0.25, -0.2) is 9.97 Å². The van der Waals surface area contributed by atoms with Gasteiger partial charge in [-0.15, -0.1) is 0 Å². The van der Waals surface area contributed by atoms with Gasteiger partial charge in [0.05, 0.1) is 26.9 Å². The predicted molar refractivity (Wildman–Crippen MR) is 110 cm³/mol. The summed E-state index contributed by atoms with van der Waals surface area (Å²) in [6, 6.07) is 8.11. The number of carbonyl (C=O) groups excluding carboxylic acids is 1. The number of carbonyl (C=O) groups is 1. The fourth-order valence-electron chi connectivity index (χ4n) is 3.93. The third-order valence-corrected chi connectivity index (χ3v) is 5.55. The predicted octanol–water partition coefficient (Wildman–Crippen LogP) is 1.47. The van der Waals surface area contributed by atoms with Gasteiger partial charge < -0.3 is 19.5 Å². The van der Waals surface area contributed by atoms with Crippen LogP contribution in [0.3, 0.4) is 0 Å². The average molecular weight is 412 g/mol. The lowest BCUT2D eigenvalue weighted by Gasteiger charge is -2.39. The number of aryl methyl sites for hydroxylation is 1. The molecule has 1 amide bonds. The monoisotopic (exact) mass is 412 g/mol. The molecule has 2 atom stereocenters. The van der Waals surface area contributed by atoms with Gasteiger partial charge in [-0.2, -0.15) is 0 Å². The van der Waals surface area contributed by atoms with Crippen LogP contribution in [0.5, 0.6) is 5.75 Å². The number of rotatable bonds is 6. The summed E-state index contributed by atoms with van der Waals surface area (Å²) < 4.78 is 17.1. The van der Waals surface area contributed by atoms with Crippen LogP contribution in [-0.4, -0.2) is 65.9 Å². The summed E-state index contributed by atoms with van der Waals surface area (Å²) in [6.45, 7) is 5.69. The van der Waals surface area contributed by atoms with Crippen LogP contribution in [0.25, 0.3) is 0 Å². The molecule has 4 rings (SSSR count). The van der Waals surface area contributed by atoms with Crippen LogP contribution in [-0.2, 0) is 27.4 Å². The van der Waals surface area contributed by atoms with Gasteiger partial charge in [0.25, 0.3) is 0 Å². The maximum Gasteiger partial charge on any atom is 0.249 e. The zero-order chi connectivity index (χ0) is 21.0. The van der Waals surface area contributed by atoms with Crippen molar-refractivity contribution >= 4 is 5.91 Å². The molecular weight excluding hydrogens is 384 g/mol. The molecule has 1 aromatic carbocycles. The number of aromatic nitrogens is 2. The maximum absolute atomic E-state index is 12.6. The lowest BCUT2D eigenvalue weighted by Crippen LogP contribution is -2.52. The fourth-order valence-corrected chi connectivity index (χ4v) is 3.93. The number of morpholine rings is 1. The number of hydrogen-bond acceptors (Lipinski definition) is 7. The molecule has 8 nitrogen and oxygen atoms in total. The largest absolute Gasteiger partial charge is 0.497 e. The van der Waals surface area contributed by atoms with Crippen LogP contribution in [0.4, 0.5) is 0 Å². The van der Waals surface area contributed by atoms with E-state index in [9.17, 15) is 4.79 Å². The molecule has 160 valence electrons. The van der Waals surface area contributed by atoms with Gasteiger partial charge in [-0.1, -0.05) is 12.1 Å². The molecule has 2 aliphatic rings. The third kappa shape index (κ3) is 4.95. The highest BCUT2D eigenvalue weighted by molar-refractivity contribution is 5.81. The van der Waals surface area contributed by atoms with Crippen LogP contribution < -0.4 is 10.1 Å². The highest BCUT2D eigenvalue weighted by Crippen LogP contribution is 2.32. The minimum absolute atomic E-state index is 0.146. The molecule has 0 saturated carbocycles. The van der Waals surface area contributed by atoms with E-state index in [-0.39, 0.29) is 12.5 Å². The molecule has 1 N–H and O–H groups in total. The van der Waals surface area contributed by atoms with Gasteiger partial charge in [0.15, 0.2) is 0 Å². The minimum atomic E-state index is -0.517. The molecule has 0 bridgehead atoms. The number of nitrogens with zero attached hydrogens (tertiary/aromatic N) is 3. The molecule has 0 aliphatic carbocycles. The number of benzene rings is 1. The smallest absolute Gasteiger partial charge is 0.249 e. The quantitative estimate of drug-likeness (QED) is 0.769. The molecule has 2 aromatic rings. The van der Waals surface area contributed by atoms with Crippen LogP contribution in [0, 0.1) is 6.92 Å². The summed E-state index contributed by atoms with van der Waals surface area (Å²) in [5.41, 5.74) is 1.77. The first-order valence-corrected chi connectivity index (χ1v) is 10.2. The summed E-state index contributed by atoms with van der Waals surface area (Å²) >= 11 is 0. The van der Waals surface area contributed by atoms with Crippen LogP contribution in [0.1, 0.15) is 23.4 Å². The van der Waals surface area contributed by atoms with Crippen molar-refractivity contribution in [3.63, 3.8) is 0 Å². The van der Waals surface area contributed by atoms with Gasteiger partial charge in [0.1, 0.15) is 23.3 Å². The Balaban J connectivity index is 1.30. The Labute approximate surface area is 176 Å². The standard InChI is InChI=1S/C22H28N4O4/c1-16-10-23-20(24-11-16)12-25-21(27)19-9-22(15-29-19)14-26(7-8-30-22)13-17-3-5-18(28-2)6-4-17/h3-6,10-11,19H,7-9,12-15H2,1-2H3,(H,25,27). The molecule has 30 heavy (non-hydrogen) atoms. The first-order valence-electron chi connectivity index (χ1n) is 10.2. The molecular formula is C22H28N4O4. The Morgan fingerprint density at radius 2 is 2.07 bits per heavy atom. The van der Waals surface area contributed by atoms with Crippen molar-refractivity contribution in [3.05, 3.63) is 53.6 Å². The Bertz CT molecular complexity index is 858. The Morgan fingerprint density at radius 3 is 2.80 bits per heavy atom. The zero-order valence-corrected chi connectivity index (χ0v) is 17.5. The molecule has 8 heteroatoms. The number of hydrogen-bond donors (Lipinski definition) is 1. The second kappa shape index (κ2) is 9.07. The summed E-state index contributed by atoms with van der Waals surface area (Å²) in [6.07, 6.45) is 3.51. The molecule has 2 unspecified atom stereocenters. The van der Waals surface area contributed by atoms with Crippen molar-refractivity contribution in [2.45, 2.75) is 38.1 Å². The summed E-state index contributed by atoms with van der Waals surface area (Å²) in [7, 11) is 1.67. The molecule has 2 aliphatic heterocycles. The number of methoxy groups -OCH3 is 1. The van der Waals surface area contributed by atoms with Gasteiger partial charge in [-0.3, -0.25) is 9.69 Å². The van der Waals surface area contributed by atoms with E-state index in [0.29, 0.717) is 25.5 Å². The Hall–Kier alpha value is -2.55. The number of ether oxygens (including phenoxy) is 3. The lowest BCUT2D eigenvalue weighted by atomic mass is 9.97. The maximum atomic E-state index is 12.6. The van der Waals surface area contributed by atoms with Crippen LogP contribution in [0.15, 0.2) is 36.7 Å². The van der Waals surface area contributed by atoms with Crippen LogP contribution in [0.2, 0.25) is 0 Å². The lowest BCUT2D eigenvalue weighted by molar-refractivity contribution is -0.130. The van der Waals surface area contributed by atoms with Gasteiger partial charge in [0.2, 0.25) is 5.91 Å². The van der Waals surface area contributed by atoms with E-state index >= 15 is 0 Å². The van der Waals surface area contributed by atoms with Crippen molar-refractivity contribution in [1.82, 2.24) is 20.2 Å². The van der Waals surface area contributed by atoms with E-state index in [1.807, 2.05) is 19.1 Å². The zero-order valence-electron chi connectivity index (χ0n) is 17.5. The first kappa shape index (κ1) is 20.7. The summed E-state index contributed by atoms with van der Waals surface area (Å²) in [5, 5.41) is 2.87. The minimum Gasteiger partial charge on any atom is -0.497 e. The molecule has 1 aromatic heterocycles. The summed E-state index contributed by atoms with van der Waals surface area (Å²) in [4.78, 5) is 23.4. The van der Waals surface area contributed by atoms with Crippen molar-refractivity contribution in [3.8, 4) is 5.75 Å². The van der Waals surface area contributed by atoms with E-state index in [2.05, 4.69) is 32.3 Å².